The number of ether oxygens (including phenoxy) is 1. The molecule has 3 aromatic heterocycles. The number of pyridine rings is 1. The molecule has 0 aromatic carbocycles. The Kier molecular flexibility index (Phi) is 4.24. The molecule has 132 valence electrons. The van der Waals surface area contributed by atoms with Crippen LogP contribution in [0.1, 0.15) is 29.4 Å². The normalized spacial score (nSPS) is 18.5. The third kappa shape index (κ3) is 3.35. The predicted octanol–water partition coefficient (Wildman–Crippen LogP) is 3.29. The first-order valence-corrected chi connectivity index (χ1v) is 8.59. The summed E-state index contributed by atoms with van der Waals surface area (Å²) < 4.78 is 10.9. The molecule has 26 heavy (non-hydrogen) atoms. The quantitative estimate of drug-likeness (QED) is 0.703. The topological polar surface area (TPSA) is 78.1 Å². The van der Waals surface area contributed by atoms with Gasteiger partial charge >= 0.3 is 5.63 Å². The lowest BCUT2D eigenvalue weighted by Gasteiger charge is -2.10. The predicted molar refractivity (Wildman–Crippen MR) is 96.1 cm³/mol. The molecule has 0 radical (unpaired) electrons. The van der Waals surface area contributed by atoms with E-state index in [1.165, 1.54) is 6.26 Å². The van der Waals surface area contributed by atoms with E-state index in [9.17, 15) is 4.79 Å². The van der Waals surface area contributed by atoms with Crippen molar-refractivity contribution >= 4 is 0 Å². The Morgan fingerprint density at radius 2 is 2.04 bits per heavy atom. The first kappa shape index (κ1) is 16.4. The van der Waals surface area contributed by atoms with Crippen LogP contribution >= 0.6 is 0 Å². The van der Waals surface area contributed by atoms with E-state index < -0.39 is 5.63 Å². The Balaban J connectivity index is 1.51. The second kappa shape index (κ2) is 6.71. The van der Waals surface area contributed by atoms with Crippen LogP contribution in [-0.2, 0) is 0 Å². The Labute approximate surface area is 150 Å². The molecule has 0 N–H and O–H groups in total. The maximum atomic E-state index is 12.0. The molecule has 6 nitrogen and oxygen atoms in total. The zero-order valence-electron chi connectivity index (χ0n) is 14.7. The summed E-state index contributed by atoms with van der Waals surface area (Å²) in [5, 5.41) is 0. The highest BCUT2D eigenvalue weighted by molar-refractivity contribution is 5.66. The Morgan fingerprint density at radius 1 is 1.15 bits per heavy atom. The van der Waals surface area contributed by atoms with E-state index in [0.29, 0.717) is 41.3 Å². The number of aryl methyl sites for hydroxylation is 2. The second-order valence-electron chi connectivity index (χ2n) is 6.62. The van der Waals surface area contributed by atoms with E-state index in [1.807, 2.05) is 13.1 Å². The lowest BCUT2D eigenvalue weighted by molar-refractivity contribution is 0.285. The maximum absolute atomic E-state index is 12.0. The van der Waals surface area contributed by atoms with Crippen molar-refractivity contribution in [3.05, 3.63) is 70.4 Å². The fourth-order valence-corrected chi connectivity index (χ4v) is 2.99. The summed E-state index contributed by atoms with van der Waals surface area (Å²) in [6, 6.07) is 7.51. The van der Waals surface area contributed by atoms with E-state index in [-0.39, 0.29) is 0 Å². The molecule has 1 fully saturated rings. The van der Waals surface area contributed by atoms with Crippen LogP contribution in [0.4, 0.5) is 0 Å². The molecular formula is C20H19N3O3. The van der Waals surface area contributed by atoms with E-state index >= 15 is 0 Å². The molecule has 0 unspecified atom stereocenters. The van der Waals surface area contributed by atoms with Gasteiger partial charge in [0.05, 0.1) is 24.0 Å². The van der Waals surface area contributed by atoms with E-state index in [1.54, 1.807) is 25.3 Å². The van der Waals surface area contributed by atoms with Gasteiger partial charge in [0.1, 0.15) is 5.82 Å². The summed E-state index contributed by atoms with van der Waals surface area (Å²) in [7, 11) is 0. The molecule has 1 aliphatic carbocycles. The summed E-state index contributed by atoms with van der Waals surface area (Å²) >= 11 is 0. The molecule has 4 rings (SSSR count). The van der Waals surface area contributed by atoms with Gasteiger partial charge in [0.15, 0.2) is 0 Å². The average molecular weight is 349 g/mol. The minimum absolute atomic E-state index is 0.398. The summed E-state index contributed by atoms with van der Waals surface area (Å²) in [5.41, 5.74) is 2.78. The van der Waals surface area contributed by atoms with Gasteiger partial charge in [-0.15, -0.1) is 0 Å². The summed E-state index contributed by atoms with van der Waals surface area (Å²) in [6.45, 7) is 4.35. The van der Waals surface area contributed by atoms with Crippen LogP contribution in [0.15, 0.2) is 52.1 Å². The van der Waals surface area contributed by atoms with Gasteiger partial charge in [-0.2, -0.15) is 4.98 Å². The van der Waals surface area contributed by atoms with E-state index in [0.717, 1.165) is 17.7 Å². The SMILES string of the molecule is Cc1ccc([C@H]2C[C@@H]2COc2nc(C)ncc2-c2cccoc2=O)nc1. The minimum Gasteiger partial charge on any atom is -0.477 e. The van der Waals surface area contributed by atoms with Crippen molar-refractivity contribution in [2.45, 2.75) is 26.2 Å². The van der Waals surface area contributed by atoms with Crippen molar-refractivity contribution in [3.8, 4) is 17.0 Å². The molecule has 1 aliphatic rings. The summed E-state index contributed by atoms with van der Waals surface area (Å²) in [6.07, 6.45) is 5.90. The zero-order valence-corrected chi connectivity index (χ0v) is 14.7. The van der Waals surface area contributed by atoms with Crippen molar-refractivity contribution in [1.82, 2.24) is 15.0 Å². The van der Waals surface area contributed by atoms with Crippen LogP contribution in [0, 0.1) is 19.8 Å². The Hall–Kier alpha value is -3.02. The largest absolute Gasteiger partial charge is 0.477 e. The molecule has 0 bridgehead atoms. The van der Waals surface area contributed by atoms with Gasteiger partial charge in [-0.1, -0.05) is 6.07 Å². The molecule has 3 aromatic rings. The molecule has 0 saturated heterocycles. The summed E-state index contributed by atoms with van der Waals surface area (Å²) in [4.78, 5) is 25.0. The van der Waals surface area contributed by atoms with Crippen molar-refractivity contribution in [2.24, 2.45) is 5.92 Å². The van der Waals surface area contributed by atoms with E-state index in [4.69, 9.17) is 9.15 Å². The minimum atomic E-state index is -0.432. The first-order chi connectivity index (χ1) is 12.6. The highest BCUT2D eigenvalue weighted by Crippen LogP contribution is 2.46. The first-order valence-electron chi connectivity index (χ1n) is 8.59. The third-order valence-corrected chi connectivity index (χ3v) is 4.57. The fraction of sp³-hybridized carbons (Fsp3) is 0.300. The highest BCUT2D eigenvalue weighted by atomic mass is 16.5. The lowest BCUT2D eigenvalue weighted by Crippen LogP contribution is -2.08. The van der Waals surface area contributed by atoms with Crippen molar-refractivity contribution in [1.29, 1.82) is 0 Å². The van der Waals surface area contributed by atoms with Crippen LogP contribution in [0.3, 0.4) is 0 Å². The number of hydrogen-bond acceptors (Lipinski definition) is 6. The van der Waals surface area contributed by atoms with Crippen LogP contribution in [0.2, 0.25) is 0 Å². The molecule has 3 heterocycles. The number of hydrogen-bond donors (Lipinski definition) is 0. The van der Waals surface area contributed by atoms with Crippen LogP contribution in [0.5, 0.6) is 5.88 Å². The molecule has 0 aliphatic heterocycles. The van der Waals surface area contributed by atoms with Gasteiger partial charge in [-0.05, 0) is 44.0 Å². The molecule has 0 amide bonds. The van der Waals surface area contributed by atoms with Crippen molar-refractivity contribution in [2.75, 3.05) is 6.61 Å². The lowest BCUT2D eigenvalue weighted by atomic mass is 10.1. The molecule has 6 heteroatoms. The number of rotatable bonds is 5. The standard InChI is InChI=1S/C20H19N3O3/c1-12-5-6-18(22-9-12)16-8-14(16)11-26-19-17(10-21-13(2)23-19)15-4-3-7-25-20(15)24/h3-7,9-10,14,16H,8,11H2,1-2H3/t14-,16+/m1/s1. The van der Waals surface area contributed by atoms with Crippen molar-refractivity contribution < 1.29 is 9.15 Å². The number of nitrogens with zero attached hydrogens (tertiary/aromatic N) is 3. The van der Waals surface area contributed by atoms with Gasteiger partial charge < -0.3 is 9.15 Å². The third-order valence-electron chi connectivity index (χ3n) is 4.57. The van der Waals surface area contributed by atoms with Gasteiger partial charge in [0.2, 0.25) is 5.88 Å². The van der Waals surface area contributed by atoms with Crippen LogP contribution < -0.4 is 10.4 Å². The average Bonchev–Trinajstić information content (AvgIpc) is 3.41. The van der Waals surface area contributed by atoms with Gasteiger partial charge in [0, 0.05) is 29.9 Å². The smallest absolute Gasteiger partial charge is 0.343 e. The van der Waals surface area contributed by atoms with Crippen LogP contribution in [0.25, 0.3) is 11.1 Å². The van der Waals surface area contributed by atoms with Gasteiger partial charge in [-0.3, -0.25) is 4.98 Å². The second-order valence-corrected chi connectivity index (χ2v) is 6.62. The molecule has 1 saturated carbocycles. The van der Waals surface area contributed by atoms with Gasteiger partial charge in [-0.25, -0.2) is 9.78 Å². The fourth-order valence-electron chi connectivity index (χ4n) is 2.99. The van der Waals surface area contributed by atoms with E-state index in [2.05, 4.69) is 27.1 Å². The Morgan fingerprint density at radius 3 is 2.81 bits per heavy atom. The Bertz CT molecular complexity index is 982. The van der Waals surface area contributed by atoms with Crippen molar-refractivity contribution in [3.63, 3.8) is 0 Å². The van der Waals surface area contributed by atoms with Gasteiger partial charge in [0.25, 0.3) is 0 Å². The molecular weight excluding hydrogens is 330 g/mol. The zero-order chi connectivity index (χ0) is 18.1. The number of aromatic nitrogens is 3. The van der Waals surface area contributed by atoms with Crippen LogP contribution in [-0.4, -0.2) is 21.6 Å². The maximum Gasteiger partial charge on any atom is 0.343 e. The highest BCUT2D eigenvalue weighted by Gasteiger charge is 2.40. The summed E-state index contributed by atoms with van der Waals surface area (Å²) in [5.74, 6) is 1.83. The monoisotopic (exact) mass is 349 g/mol. The molecule has 2 atom stereocenters. The molecule has 0 spiro atoms.